The summed E-state index contributed by atoms with van der Waals surface area (Å²) in [6.07, 6.45) is 0. The summed E-state index contributed by atoms with van der Waals surface area (Å²) in [6, 6.07) is 24.5. The standard InChI is InChI=1S/C24H16ClN3O3S2/c25-21-18-8-4-5-9-19(18)33-22(21)23-27-28-24(31-23)32-14-20(29)26-15-10-12-17(13-11-15)30-16-6-2-1-3-7-16/h1-13H,14H2,(H,26,29). The first-order valence-electron chi connectivity index (χ1n) is 9.92. The third-order valence-corrected chi connectivity index (χ3v) is 7.06. The van der Waals surface area contributed by atoms with Crippen LogP contribution in [0.1, 0.15) is 0 Å². The monoisotopic (exact) mass is 493 g/mol. The number of para-hydroxylation sites is 1. The fourth-order valence-electron chi connectivity index (χ4n) is 3.07. The molecule has 0 unspecified atom stereocenters. The van der Waals surface area contributed by atoms with E-state index < -0.39 is 0 Å². The third-order valence-electron chi connectivity index (χ3n) is 4.58. The van der Waals surface area contributed by atoms with E-state index in [1.807, 2.05) is 54.6 Å². The molecule has 5 rings (SSSR count). The summed E-state index contributed by atoms with van der Waals surface area (Å²) in [4.78, 5) is 13.1. The quantitative estimate of drug-likeness (QED) is 0.243. The number of thioether (sulfide) groups is 1. The average Bonchev–Trinajstić information content (AvgIpc) is 3.44. The zero-order valence-electron chi connectivity index (χ0n) is 17.0. The van der Waals surface area contributed by atoms with Crippen LogP contribution in [0.5, 0.6) is 11.5 Å². The van der Waals surface area contributed by atoms with Gasteiger partial charge in [-0.3, -0.25) is 4.79 Å². The first-order chi connectivity index (χ1) is 16.2. The summed E-state index contributed by atoms with van der Waals surface area (Å²) >= 11 is 9.13. The second-order valence-electron chi connectivity index (χ2n) is 6.89. The minimum atomic E-state index is -0.184. The lowest BCUT2D eigenvalue weighted by Crippen LogP contribution is -2.13. The minimum absolute atomic E-state index is 0.129. The maximum Gasteiger partial charge on any atom is 0.277 e. The number of fused-ring (bicyclic) bond motifs is 1. The first kappa shape index (κ1) is 21.5. The van der Waals surface area contributed by atoms with Crippen LogP contribution < -0.4 is 10.1 Å². The van der Waals surface area contributed by atoms with Crippen LogP contribution in [0.2, 0.25) is 5.02 Å². The van der Waals surface area contributed by atoms with Gasteiger partial charge in [-0.2, -0.15) is 0 Å². The van der Waals surface area contributed by atoms with Crippen molar-refractivity contribution in [2.45, 2.75) is 5.22 Å². The van der Waals surface area contributed by atoms with Gasteiger partial charge in [-0.25, -0.2) is 0 Å². The normalized spacial score (nSPS) is 10.9. The van der Waals surface area contributed by atoms with Crippen molar-refractivity contribution < 1.29 is 13.9 Å². The number of thiophene rings is 1. The molecule has 1 N–H and O–H groups in total. The van der Waals surface area contributed by atoms with E-state index >= 15 is 0 Å². The fraction of sp³-hybridized carbons (Fsp3) is 0.0417. The number of aromatic nitrogens is 2. The second-order valence-corrected chi connectivity index (χ2v) is 9.25. The maximum absolute atomic E-state index is 12.3. The van der Waals surface area contributed by atoms with Gasteiger partial charge in [0.25, 0.3) is 11.1 Å². The zero-order valence-corrected chi connectivity index (χ0v) is 19.4. The van der Waals surface area contributed by atoms with Gasteiger partial charge in [0.05, 0.1) is 10.8 Å². The van der Waals surface area contributed by atoms with E-state index in [4.69, 9.17) is 20.8 Å². The number of nitrogens with zero attached hydrogens (tertiary/aromatic N) is 2. The molecular formula is C24H16ClN3O3S2. The molecule has 0 aliphatic rings. The molecule has 5 aromatic rings. The van der Waals surface area contributed by atoms with E-state index in [2.05, 4.69) is 15.5 Å². The Morgan fingerprint density at radius 3 is 2.48 bits per heavy atom. The molecule has 164 valence electrons. The molecule has 9 heteroatoms. The van der Waals surface area contributed by atoms with Crippen LogP contribution in [0.25, 0.3) is 20.9 Å². The van der Waals surface area contributed by atoms with E-state index in [0.29, 0.717) is 27.6 Å². The Hall–Kier alpha value is -3.33. The molecule has 1 amide bonds. The molecule has 0 spiro atoms. The van der Waals surface area contributed by atoms with Gasteiger partial charge < -0.3 is 14.5 Å². The highest BCUT2D eigenvalue weighted by Gasteiger charge is 2.18. The van der Waals surface area contributed by atoms with Crippen LogP contribution >= 0.6 is 34.7 Å². The van der Waals surface area contributed by atoms with Gasteiger partial charge in [0.2, 0.25) is 5.91 Å². The molecule has 0 saturated heterocycles. The van der Waals surface area contributed by atoms with Crippen molar-refractivity contribution in [3.05, 3.63) is 83.9 Å². The van der Waals surface area contributed by atoms with Crippen molar-refractivity contribution in [1.82, 2.24) is 10.2 Å². The summed E-state index contributed by atoms with van der Waals surface area (Å²) in [5.41, 5.74) is 0.671. The highest BCUT2D eigenvalue weighted by Crippen LogP contribution is 2.41. The molecule has 33 heavy (non-hydrogen) atoms. The number of halogens is 1. The van der Waals surface area contributed by atoms with Crippen LogP contribution in [0.4, 0.5) is 5.69 Å². The molecule has 0 bridgehead atoms. The van der Waals surface area contributed by atoms with Crippen molar-refractivity contribution in [3.8, 4) is 22.3 Å². The zero-order chi connectivity index (χ0) is 22.6. The Kier molecular flexibility index (Phi) is 6.30. The van der Waals surface area contributed by atoms with Crippen LogP contribution in [0, 0.1) is 0 Å². The first-order valence-corrected chi connectivity index (χ1v) is 12.1. The van der Waals surface area contributed by atoms with Gasteiger partial charge in [0.1, 0.15) is 16.4 Å². The fourth-order valence-corrected chi connectivity index (χ4v) is 5.06. The average molecular weight is 494 g/mol. The number of hydrogen-bond donors (Lipinski definition) is 1. The third kappa shape index (κ3) is 5.03. The van der Waals surface area contributed by atoms with E-state index in [0.717, 1.165) is 20.7 Å². The number of nitrogens with one attached hydrogen (secondary N) is 1. The number of rotatable bonds is 7. The molecule has 2 aromatic heterocycles. The van der Waals surface area contributed by atoms with Gasteiger partial charge in [0.15, 0.2) is 0 Å². The molecular weight excluding hydrogens is 478 g/mol. The summed E-state index contributed by atoms with van der Waals surface area (Å²) in [5.74, 6) is 1.73. The number of carbonyl (C=O) groups excluding carboxylic acids is 1. The van der Waals surface area contributed by atoms with Crippen molar-refractivity contribution >= 4 is 56.4 Å². The van der Waals surface area contributed by atoms with Crippen LogP contribution in [-0.4, -0.2) is 21.9 Å². The van der Waals surface area contributed by atoms with Crippen LogP contribution in [0.3, 0.4) is 0 Å². The number of anilines is 1. The number of amides is 1. The largest absolute Gasteiger partial charge is 0.457 e. The van der Waals surface area contributed by atoms with Gasteiger partial charge in [-0.1, -0.05) is 59.8 Å². The molecule has 0 aliphatic heterocycles. The van der Waals surface area contributed by atoms with E-state index in [-0.39, 0.29) is 11.7 Å². The van der Waals surface area contributed by atoms with Crippen molar-refractivity contribution in [2.75, 3.05) is 11.1 Å². The van der Waals surface area contributed by atoms with Gasteiger partial charge in [0, 0.05) is 15.8 Å². The molecule has 2 heterocycles. The van der Waals surface area contributed by atoms with E-state index in [9.17, 15) is 4.79 Å². The van der Waals surface area contributed by atoms with E-state index in [1.165, 1.54) is 23.1 Å². The van der Waals surface area contributed by atoms with Gasteiger partial charge >= 0.3 is 0 Å². The number of carbonyl (C=O) groups is 1. The molecule has 6 nitrogen and oxygen atoms in total. The van der Waals surface area contributed by atoms with Crippen molar-refractivity contribution in [3.63, 3.8) is 0 Å². The molecule has 0 atom stereocenters. The van der Waals surface area contributed by atoms with Gasteiger partial charge in [-0.15, -0.1) is 21.5 Å². The Morgan fingerprint density at radius 2 is 1.70 bits per heavy atom. The lowest BCUT2D eigenvalue weighted by molar-refractivity contribution is -0.113. The number of benzene rings is 3. The van der Waals surface area contributed by atoms with E-state index in [1.54, 1.807) is 24.3 Å². The summed E-state index contributed by atoms with van der Waals surface area (Å²) in [6.45, 7) is 0. The molecule has 0 aliphatic carbocycles. The summed E-state index contributed by atoms with van der Waals surface area (Å²) in [5, 5.41) is 12.8. The smallest absolute Gasteiger partial charge is 0.277 e. The second kappa shape index (κ2) is 9.66. The predicted molar refractivity (Wildman–Crippen MR) is 132 cm³/mol. The Labute approximate surface area is 202 Å². The van der Waals surface area contributed by atoms with Gasteiger partial charge in [-0.05, 0) is 42.5 Å². The Morgan fingerprint density at radius 1 is 0.970 bits per heavy atom. The van der Waals surface area contributed by atoms with Crippen molar-refractivity contribution in [2.24, 2.45) is 0 Å². The lowest BCUT2D eigenvalue weighted by atomic mass is 10.2. The SMILES string of the molecule is O=C(CSc1nnc(-c2sc3ccccc3c2Cl)o1)Nc1ccc(Oc2ccccc2)cc1. The molecule has 0 saturated carbocycles. The topological polar surface area (TPSA) is 77.2 Å². The molecule has 0 radical (unpaired) electrons. The molecule has 3 aromatic carbocycles. The number of ether oxygens (including phenoxy) is 1. The Bertz CT molecular complexity index is 1400. The summed E-state index contributed by atoms with van der Waals surface area (Å²) in [7, 11) is 0. The van der Waals surface area contributed by atoms with Crippen molar-refractivity contribution in [1.29, 1.82) is 0 Å². The lowest BCUT2D eigenvalue weighted by Gasteiger charge is -2.07. The molecule has 0 fully saturated rings. The van der Waals surface area contributed by atoms with Crippen LogP contribution in [-0.2, 0) is 4.79 Å². The summed E-state index contributed by atoms with van der Waals surface area (Å²) < 4.78 is 12.5. The predicted octanol–water partition coefficient (Wildman–Crippen LogP) is 7.13. The minimum Gasteiger partial charge on any atom is -0.457 e. The Balaban J connectivity index is 1.17. The van der Waals surface area contributed by atoms with Crippen LogP contribution in [0.15, 0.2) is 88.5 Å². The highest BCUT2D eigenvalue weighted by molar-refractivity contribution is 7.99. The highest BCUT2D eigenvalue weighted by atomic mass is 35.5. The number of hydrogen-bond acceptors (Lipinski definition) is 7. The maximum atomic E-state index is 12.3.